The minimum Gasteiger partial charge on any atom is -0.239 e. The van der Waals surface area contributed by atoms with E-state index in [2.05, 4.69) is 20.6 Å². The number of benzene rings is 1. The van der Waals surface area contributed by atoms with Crippen molar-refractivity contribution < 1.29 is 8.42 Å². The summed E-state index contributed by atoms with van der Waals surface area (Å²) in [5.41, 5.74) is 1.66. The zero-order valence-corrected chi connectivity index (χ0v) is 12.0. The molecule has 1 aliphatic rings. The van der Waals surface area contributed by atoms with Gasteiger partial charge in [-0.3, -0.25) is 0 Å². The van der Waals surface area contributed by atoms with E-state index in [1.807, 2.05) is 6.07 Å². The standard InChI is InChI=1S/C13H16N4O2S/c1-20(18,19)11-8-4-7-10(9-5-2-3-6-9)12(11)13-14-16-17-15-13/h4,7-9H,2-3,5-6H2,1H3,(H,14,15,16,17). The van der Waals surface area contributed by atoms with Crippen LogP contribution in [0.15, 0.2) is 23.1 Å². The number of aromatic nitrogens is 4. The summed E-state index contributed by atoms with van der Waals surface area (Å²) < 4.78 is 24.1. The monoisotopic (exact) mass is 292 g/mol. The molecule has 0 radical (unpaired) electrons. The number of nitrogens with one attached hydrogen (secondary N) is 1. The van der Waals surface area contributed by atoms with Crippen LogP contribution in [0.5, 0.6) is 0 Å². The van der Waals surface area contributed by atoms with Gasteiger partial charge in [0.05, 0.1) is 4.90 Å². The summed E-state index contributed by atoms with van der Waals surface area (Å²) in [7, 11) is -3.33. The van der Waals surface area contributed by atoms with Crippen LogP contribution < -0.4 is 0 Å². The van der Waals surface area contributed by atoms with Gasteiger partial charge in [0.1, 0.15) is 0 Å². The molecule has 1 saturated carbocycles. The topological polar surface area (TPSA) is 88.6 Å². The molecule has 0 bridgehead atoms. The highest BCUT2D eigenvalue weighted by atomic mass is 32.2. The van der Waals surface area contributed by atoms with Crippen LogP contribution in [0.2, 0.25) is 0 Å². The molecule has 1 aliphatic carbocycles. The van der Waals surface area contributed by atoms with Crippen LogP contribution in [0.4, 0.5) is 0 Å². The van der Waals surface area contributed by atoms with Gasteiger partial charge in [0.15, 0.2) is 15.7 Å². The molecule has 0 aliphatic heterocycles. The molecule has 3 rings (SSSR count). The second kappa shape index (κ2) is 4.97. The smallest absolute Gasteiger partial charge is 0.181 e. The van der Waals surface area contributed by atoms with Gasteiger partial charge in [0.2, 0.25) is 0 Å². The lowest BCUT2D eigenvalue weighted by atomic mass is 9.92. The summed E-state index contributed by atoms with van der Waals surface area (Å²) in [6.45, 7) is 0. The molecule has 20 heavy (non-hydrogen) atoms. The molecule has 1 fully saturated rings. The fraction of sp³-hybridized carbons (Fsp3) is 0.462. The Morgan fingerprint density at radius 1 is 1.25 bits per heavy atom. The third-order valence-electron chi connectivity index (χ3n) is 3.84. The van der Waals surface area contributed by atoms with Gasteiger partial charge < -0.3 is 0 Å². The van der Waals surface area contributed by atoms with Gasteiger partial charge in [-0.05, 0) is 40.8 Å². The summed E-state index contributed by atoms with van der Waals surface area (Å²) in [4.78, 5) is 0.292. The van der Waals surface area contributed by atoms with Crippen LogP contribution in [0.3, 0.4) is 0 Å². The fourth-order valence-electron chi connectivity index (χ4n) is 2.95. The Bertz CT molecular complexity index is 704. The zero-order chi connectivity index (χ0) is 14.2. The van der Waals surface area contributed by atoms with Gasteiger partial charge in [-0.15, -0.1) is 5.10 Å². The van der Waals surface area contributed by atoms with Crippen LogP contribution in [-0.4, -0.2) is 35.3 Å². The summed E-state index contributed by atoms with van der Waals surface area (Å²) >= 11 is 0. The quantitative estimate of drug-likeness (QED) is 0.933. The predicted molar refractivity (Wildman–Crippen MR) is 73.9 cm³/mol. The Labute approximate surface area is 117 Å². The van der Waals surface area contributed by atoms with Crippen molar-refractivity contribution in [3.05, 3.63) is 23.8 Å². The van der Waals surface area contributed by atoms with Gasteiger partial charge in [-0.25, -0.2) is 13.5 Å². The van der Waals surface area contributed by atoms with E-state index in [-0.39, 0.29) is 0 Å². The molecule has 1 aromatic carbocycles. The fourth-order valence-corrected chi connectivity index (χ4v) is 3.86. The molecule has 0 spiro atoms. The average Bonchev–Trinajstić information content (AvgIpc) is 3.10. The number of nitrogens with zero attached hydrogens (tertiary/aromatic N) is 3. The van der Waals surface area contributed by atoms with Gasteiger partial charge in [-0.1, -0.05) is 25.0 Å². The number of hydrogen-bond donors (Lipinski definition) is 1. The molecule has 0 unspecified atom stereocenters. The van der Waals surface area contributed by atoms with Crippen molar-refractivity contribution in [1.82, 2.24) is 20.6 Å². The molecule has 2 aromatic rings. The Balaban J connectivity index is 2.25. The number of sulfone groups is 1. The van der Waals surface area contributed by atoms with Gasteiger partial charge >= 0.3 is 0 Å². The predicted octanol–water partition coefficient (Wildman–Crippen LogP) is 1.93. The van der Waals surface area contributed by atoms with E-state index in [0.717, 1.165) is 18.4 Å². The first-order valence-corrected chi connectivity index (χ1v) is 8.53. The van der Waals surface area contributed by atoms with Crippen molar-refractivity contribution in [2.24, 2.45) is 0 Å². The van der Waals surface area contributed by atoms with Gasteiger partial charge in [-0.2, -0.15) is 0 Å². The van der Waals surface area contributed by atoms with Crippen molar-refractivity contribution in [1.29, 1.82) is 0 Å². The largest absolute Gasteiger partial charge is 0.239 e. The van der Waals surface area contributed by atoms with Crippen molar-refractivity contribution in [2.75, 3.05) is 6.26 Å². The minimum atomic E-state index is -3.33. The van der Waals surface area contributed by atoms with Crippen molar-refractivity contribution in [3.8, 4) is 11.4 Å². The highest BCUT2D eigenvalue weighted by molar-refractivity contribution is 7.90. The van der Waals surface area contributed by atoms with Crippen LogP contribution in [0, 0.1) is 0 Å². The normalized spacial score (nSPS) is 16.6. The van der Waals surface area contributed by atoms with E-state index in [1.54, 1.807) is 12.1 Å². The Kier molecular flexibility index (Phi) is 3.29. The van der Waals surface area contributed by atoms with Crippen LogP contribution in [-0.2, 0) is 9.84 Å². The van der Waals surface area contributed by atoms with Crippen LogP contribution in [0.1, 0.15) is 37.2 Å². The molecule has 1 aromatic heterocycles. The zero-order valence-electron chi connectivity index (χ0n) is 11.2. The summed E-state index contributed by atoms with van der Waals surface area (Å²) in [6, 6.07) is 5.41. The number of aromatic amines is 1. The highest BCUT2D eigenvalue weighted by Crippen LogP contribution is 2.40. The molecular formula is C13H16N4O2S. The maximum atomic E-state index is 12.0. The lowest BCUT2D eigenvalue weighted by molar-refractivity contribution is 0.601. The number of tetrazole rings is 1. The molecule has 0 atom stereocenters. The van der Waals surface area contributed by atoms with Crippen molar-refractivity contribution in [2.45, 2.75) is 36.5 Å². The maximum Gasteiger partial charge on any atom is 0.181 e. The Morgan fingerprint density at radius 2 is 2.00 bits per heavy atom. The van der Waals surface area contributed by atoms with E-state index in [0.29, 0.717) is 22.2 Å². The number of H-pyrrole nitrogens is 1. The molecule has 0 saturated heterocycles. The molecule has 0 amide bonds. The van der Waals surface area contributed by atoms with Crippen LogP contribution in [0.25, 0.3) is 11.4 Å². The first-order chi connectivity index (χ1) is 9.57. The van der Waals surface area contributed by atoms with Crippen molar-refractivity contribution in [3.63, 3.8) is 0 Å². The Hall–Kier alpha value is -1.76. The molecular weight excluding hydrogens is 276 g/mol. The molecule has 1 heterocycles. The van der Waals surface area contributed by atoms with E-state index >= 15 is 0 Å². The van der Waals surface area contributed by atoms with Gasteiger partial charge in [0, 0.05) is 11.8 Å². The van der Waals surface area contributed by atoms with E-state index < -0.39 is 9.84 Å². The molecule has 6 nitrogen and oxygen atoms in total. The molecule has 7 heteroatoms. The van der Waals surface area contributed by atoms with Crippen molar-refractivity contribution >= 4 is 9.84 Å². The second-order valence-corrected chi connectivity index (χ2v) is 7.21. The SMILES string of the molecule is CS(=O)(=O)c1cccc(C2CCCC2)c1-c1nnn[nH]1. The maximum absolute atomic E-state index is 12.0. The number of rotatable bonds is 3. The third kappa shape index (κ3) is 2.33. The summed E-state index contributed by atoms with van der Waals surface area (Å²) in [5.74, 6) is 0.810. The lowest BCUT2D eigenvalue weighted by Crippen LogP contribution is -2.06. The minimum absolute atomic E-state index is 0.292. The van der Waals surface area contributed by atoms with E-state index in [9.17, 15) is 8.42 Å². The lowest BCUT2D eigenvalue weighted by Gasteiger charge is -2.16. The Morgan fingerprint density at radius 3 is 2.60 bits per heavy atom. The van der Waals surface area contributed by atoms with Gasteiger partial charge in [0.25, 0.3) is 0 Å². The third-order valence-corrected chi connectivity index (χ3v) is 4.97. The summed E-state index contributed by atoms with van der Waals surface area (Å²) in [6.07, 6.45) is 5.75. The van der Waals surface area contributed by atoms with E-state index in [4.69, 9.17) is 0 Å². The average molecular weight is 292 g/mol. The first kappa shape index (κ1) is 13.2. The molecule has 106 valence electrons. The number of hydrogen-bond acceptors (Lipinski definition) is 5. The second-order valence-electron chi connectivity index (χ2n) is 5.22. The van der Waals surface area contributed by atoms with Crippen LogP contribution >= 0.6 is 0 Å². The highest BCUT2D eigenvalue weighted by Gasteiger charge is 2.26. The van der Waals surface area contributed by atoms with E-state index in [1.165, 1.54) is 19.1 Å². The molecule has 1 N–H and O–H groups in total. The first-order valence-electron chi connectivity index (χ1n) is 6.64. The summed E-state index contributed by atoms with van der Waals surface area (Å²) in [5, 5.41) is 13.8.